The fourth-order valence-electron chi connectivity index (χ4n) is 3.32. The smallest absolute Gasteiger partial charge is 0.332 e. The van der Waals surface area contributed by atoms with Crippen LogP contribution in [0.25, 0.3) is 0 Å². The van der Waals surface area contributed by atoms with Crippen LogP contribution in [-0.2, 0) is 9.53 Å². The third kappa shape index (κ3) is 3.65. The lowest BCUT2D eigenvalue weighted by Gasteiger charge is -2.24. The summed E-state index contributed by atoms with van der Waals surface area (Å²) in [6.07, 6.45) is 1.37. The number of para-hydroxylation sites is 1. The zero-order valence-electron chi connectivity index (χ0n) is 14.9. The second-order valence-corrected chi connectivity index (χ2v) is 6.38. The summed E-state index contributed by atoms with van der Waals surface area (Å²) in [6, 6.07) is 7.75. The molecule has 1 aromatic carbocycles. The van der Waals surface area contributed by atoms with Gasteiger partial charge in [-0.05, 0) is 25.0 Å². The van der Waals surface area contributed by atoms with E-state index in [0.29, 0.717) is 38.3 Å². The molecule has 2 saturated heterocycles. The Hall–Kier alpha value is -2.61. The van der Waals surface area contributed by atoms with Crippen LogP contribution in [0.5, 0.6) is 0 Å². The average Bonchev–Trinajstić information content (AvgIpc) is 2.82. The fourth-order valence-corrected chi connectivity index (χ4v) is 3.32. The number of benzene rings is 1. The van der Waals surface area contributed by atoms with Crippen molar-refractivity contribution in [3.05, 3.63) is 30.3 Å². The summed E-state index contributed by atoms with van der Waals surface area (Å²) in [4.78, 5) is 42.4. The number of anilines is 1. The number of imide groups is 1. The predicted octanol–water partition coefficient (Wildman–Crippen LogP) is 1.28. The van der Waals surface area contributed by atoms with Crippen molar-refractivity contribution in [3.63, 3.8) is 0 Å². The first kappa shape index (κ1) is 18.2. The van der Waals surface area contributed by atoms with Crippen molar-refractivity contribution in [1.29, 1.82) is 0 Å². The van der Waals surface area contributed by atoms with E-state index in [2.05, 4.69) is 5.32 Å². The number of amides is 5. The highest BCUT2D eigenvalue weighted by atomic mass is 16.5. The number of methoxy groups -OCH3 is 1. The molecule has 5 amide bonds. The van der Waals surface area contributed by atoms with Gasteiger partial charge in [0.2, 0.25) is 0 Å². The second-order valence-electron chi connectivity index (χ2n) is 6.38. The Morgan fingerprint density at radius 3 is 2.73 bits per heavy atom. The minimum absolute atomic E-state index is 0.207. The van der Waals surface area contributed by atoms with E-state index >= 15 is 0 Å². The number of urea groups is 2. The Labute approximate surface area is 152 Å². The van der Waals surface area contributed by atoms with Gasteiger partial charge in [0, 0.05) is 33.4 Å². The molecule has 1 unspecified atom stereocenters. The number of nitrogens with zero attached hydrogens (tertiary/aromatic N) is 3. The topological polar surface area (TPSA) is 82.2 Å². The number of nitrogens with one attached hydrogen (secondary N) is 1. The highest BCUT2D eigenvalue weighted by Gasteiger charge is 2.47. The minimum atomic E-state index is -0.630. The van der Waals surface area contributed by atoms with Crippen LogP contribution in [0.4, 0.5) is 15.3 Å². The van der Waals surface area contributed by atoms with Crippen LogP contribution in [-0.4, -0.2) is 73.7 Å². The summed E-state index contributed by atoms with van der Waals surface area (Å²) >= 11 is 0. The second kappa shape index (κ2) is 8.18. The third-order valence-electron chi connectivity index (χ3n) is 4.64. The first-order valence-electron chi connectivity index (χ1n) is 8.85. The SMILES string of the molecule is COCCCNC(=O)N1CCCN2C(=O)N(c3ccccc3)C(=O)C2C1. The fraction of sp³-hybridized carbons (Fsp3) is 0.500. The minimum Gasteiger partial charge on any atom is -0.385 e. The van der Waals surface area contributed by atoms with Crippen molar-refractivity contribution in [2.75, 3.05) is 44.8 Å². The summed E-state index contributed by atoms with van der Waals surface area (Å²) < 4.78 is 4.97. The maximum Gasteiger partial charge on any atom is 0.332 e. The molecule has 1 N–H and O–H groups in total. The maximum atomic E-state index is 12.9. The van der Waals surface area contributed by atoms with E-state index in [1.165, 1.54) is 4.90 Å². The Morgan fingerprint density at radius 2 is 2.00 bits per heavy atom. The normalized spacial score (nSPS) is 20.2. The summed E-state index contributed by atoms with van der Waals surface area (Å²) in [5, 5.41) is 2.84. The first-order valence-corrected chi connectivity index (χ1v) is 8.85. The van der Waals surface area contributed by atoms with Gasteiger partial charge in [-0.15, -0.1) is 0 Å². The van der Waals surface area contributed by atoms with Crippen molar-refractivity contribution in [3.8, 4) is 0 Å². The highest BCUT2D eigenvalue weighted by Crippen LogP contribution is 2.27. The van der Waals surface area contributed by atoms with Crippen LogP contribution in [0.15, 0.2) is 30.3 Å². The monoisotopic (exact) mass is 360 g/mol. The maximum absolute atomic E-state index is 12.9. The molecule has 2 fully saturated rings. The van der Waals surface area contributed by atoms with Crippen molar-refractivity contribution < 1.29 is 19.1 Å². The van der Waals surface area contributed by atoms with Gasteiger partial charge in [0.25, 0.3) is 5.91 Å². The highest BCUT2D eigenvalue weighted by molar-refractivity contribution is 6.21. The molecule has 3 rings (SSSR count). The molecule has 1 atom stereocenters. The zero-order valence-corrected chi connectivity index (χ0v) is 14.9. The average molecular weight is 360 g/mol. The molecule has 0 radical (unpaired) electrons. The summed E-state index contributed by atoms with van der Waals surface area (Å²) in [6.45, 7) is 2.29. The van der Waals surface area contributed by atoms with E-state index in [0.717, 1.165) is 6.42 Å². The molecular weight excluding hydrogens is 336 g/mol. The predicted molar refractivity (Wildman–Crippen MR) is 95.9 cm³/mol. The Kier molecular flexibility index (Phi) is 5.72. The Morgan fingerprint density at radius 1 is 1.23 bits per heavy atom. The molecule has 0 aliphatic carbocycles. The molecule has 0 aromatic heterocycles. The molecule has 2 aliphatic rings. The third-order valence-corrected chi connectivity index (χ3v) is 4.64. The van der Waals surface area contributed by atoms with Crippen molar-refractivity contribution in [2.45, 2.75) is 18.9 Å². The molecule has 140 valence electrons. The van der Waals surface area contributed by atoms with Crippen molar-refractivity contribution >= 4 is 23.7 Å². The number of rotatable bonds is 5. The van der Waals surface area contributed by atoms with Gasteiger partial charge in [0.15, 0.2) is 0 Å². The van der Waals surface area contributed by atoms with Gasteiger partial charge in [-0.25, -0.2) is 14.5 Å². The zero-order chi connectivity index (χ0) is 18.5. The van der Waals surface area contributed by atoms with E-state index in [1.807, 2.05) is 6.07 Å². The molecule has 1 aromatic rings. The molecule has 26 heavy (non-hydrogen) atoms. The number of ether oxygens (including phenoxy) is 1. The van der Waals surface area contributed by atoms with Crippen LogP contribution in [0.2, 0.25) is 0 Å². The van der Waals surface area contributed by atoms with Gasteiger partial charge in [-0.2, -0.15) is 0 Å². The van der Waals surface area contributed by atoms with Crippen LogP contribution >= 0.6 is 0 Å². The molecule has 0 bridgehead atoms. The van der Waals surface area contributed by atoms with Crippen LogP contribution in [0.1, 0.15) is 12.8 Å². The summed E-state index contributed by atoms with van der Waals surface area (Å²) in [5.74, 6) is -0.278. The molecule has 8 heteroatoms. The standard InChI is InChI=1S/C18H24N4O4/c1-26-12-5-9-19-17(24)20-10-6-11-21-15(13-20)16(23)22(18(21)25)14-7-3-2-4-8-14/h2-4,7-8,15H,5-6,9-13H2,1H3,(H,19,24). The lowest BCUT2D eigenvalue weighted by atomic mass is 10.2. The van der Waals surface area contributed by atoms with Gasteiger partial charge in [-0.3, -0.25) is 4.79 Å². The first-order chi connectivity index (χ1) is 12.6. The molecule has 8 nitrogen and oxygen atoms in total. The van der Waals surface area contributed by atoms with Gasteiger partial charge in [0.05, 0.1) is 12.2 Å². The number of hydrogen-bond acceptors (Lipinski definition) is 4. The van der Waals surface area contributed by atoms with Crippen LogP contribution in [0, 0.1) is 0 Å². The Bertz CT molecular complexity index is 666. The van der Waals surface area contributed by atoms with Crippen molar-refractivity contribution in [2.24, 2.45) is 0 Å². The van der Waals surface area contributed by atoms with E-state index in [9.17, 15) is 14.4 Å². The van der Waals surface area contributed by atoms with Crippen molar-refractivity contribution in [1.82, 2.24) is 15.1 Å². The molecule has 2 aliphatic heterocycles. The number of hydrogen-bond donors (Lipinski definition) is 1. The molecular formula is C18H24N4O4. The number of carbonyl (C=O) groups is 3. The number of carbonyl (C=O) groups excluding carboxylic acids is 3. The van der Waals surface area contributed by atoms with Gasteiger partial charge >= 0.3 is 12.1 Å². The van der Waals surface area contributed by atoms with Crippen LogP contribution < -0.4 is 10.2 Å². The van der Waals surface area contributed by atoms with E-state index in [1.54, 1.807) is 41.2 Å². The molecule has 2 heterocycles. The van der Waals surface area contributed by atoms with E-state index in [4.69, 9.17) is 4.74 Å². The lowest BCUT2D eigenvalue weighted by molar-refractivity contribution is -0.119. The molecule has 0 saturated carbocycles. The summed E-state index contributed by atoms with van der Waals surface area (Å²) in [5.41, 5.74) is 0.561. The van der Waals surface area contributed by atoms with Crippen LogP contribution in [0.3, 0.4) is 0 Å². The lowest BCUT2D eigenvalue weighted by Crippen LogP contribution is -2.47. The summed E-state index contributed by atoms with van der Waals surface area (Å²) in [7, 11) is 1.62. The molecule has 0 spiro atoms. The van der Waals surface area contributed by atoms with Gasteiger partial charge in [0.1, 0.15) is 6.04 Å². The van der Waals surface area contributed by atoms with E-state index in [-0.39, 0.29) is 24.5 Å². The quantitative estimate of drug-likeness (QED) is 0.633. The van der Waals surface area contributed by atoms with Gasteiger partial charge in [-0.1, -0.05) is 18.2 Å². The number of fused-ring (bicyclic) bond motifs is 1. The largest absolute Gasteiger partial charge is 0.385 e. The van der Waals surface area contributed by atoms with E-state index < -0.39 is 6.04 Å². The van der Waals surface area contributed by atoms with Gasteiger partial charge < -0.3 is 19.9 Å². The Balaban J connectivity index is 1.68.